The summed E-state index contributed by atoms with van der Waals surface area (Å²) in [6.45, 7) is 3.81. The lowest BCUT2D eigenvalue weighted by atomic mass is 9.98. The van der Waals surface area contributed by atoms with Crippen LogP contribution in [0.5, 0.6) is 0 Å². The van der Waals surface area contributed by atoms with E-state index >= 15 is 0 Å². The second kappa shape index (κ2) is 4.73. The van der Waals surface area contributed by atoms with Crippen molar-refractivity contribution >= 4 is 10.0 Å². The van der Waals surface area contributed by atoms with Crippen molar-refractivity contribution in [2.75, 3.05) is 13.3 Å². The van der Waals surface area contributed by atoms with Gasteiger partial charge in [0.1, 0.15) is 12.2 Å². The van der Waals surface area contributed by atoms with E-state index in [1.807, 2.05) is 25.5 Å². The van der Waals surface area contributed by atoms with Crippen molar-refractivity contribution in [1.29, 1.82) is 0 Å². The fourth-order valence-corrected chi connectivity index (χ4v) is 2.55. The summed E-state index contributed by atoms with van der Waals surface area (Å²) in [6.07, 6.45) is 4.26. The normalized spacial score (nSPS) is 13.3. The average molecular weight is 260 g/mol. The minimum Gasteiger partial charge on any atom is -0.321 e. The molecule has 1 aromatic heterocycles. The third-order valence-electron chi connectivity index (χ3n) is 3.12. The molecular weight excluding hydrogens is 240 g/mol. The molecule has 0 N–H and O–H groups in total. The Morgan fingerprint density at radius 2 is 2.06 bits per heavy atom. The molecule has 1 rings (SSSR count). The molecule has 1 heterocycles. The summed E-state index contributed by atoms with van der Waals surface area (Å²) in [6, 6.07) is 0. The quantitative estimate of drug-likeness (QED) is 0.769. The lowest BCUT2D eigenvalue weighted by Crippen LogP contribution is -2.44. The highest BCUT2D eigenvalue weighted by Crippen LogP contribution is 2.21. The maximum absolute atomic E-state index is 11.5. The third-order valence-corrected chi connectivity index (χ3v) is 4.60. The standard InChI is InChI=1S/C10H20N4O2S/c1-10(2,14(4)17(5,15)16)7-6-9-12-11-8-13(9)3/h8H,6-7H2,1-5H3. The minimum absolute atomic E-state index is 0.431. The first-order valence-electron chi connectivity index (χ1n) is 5.41. The van der Waals surface area contributed by atoms with Gasteiger partial charge in [-0.25, -0.2) is 8.42 Å². The van der Waals surface area contributed by atoms with Gasteiger partial charge in [-0.1, -0.05) is 0 Å². The first-order chi connectivity index (χ1) is 7.64. The van der Waals surface area contributed by atoms with E-state index in [2.05, 4.69) is 10.2 Å². The smallest absolute Gasteiger partial charge is 0.211 e. The van der Waals surface area contributed by atoms with Crippen molar-refractivity contribution in [3.8, 4) is 0 Å². The summed E-state index contributed by atoms with van der Waals surface area (Å²) in [5, 5.41) is 7.78. The number of hydrogen-bond acceptors (Lipinski definition) is 4. The minimum atomic E-state index is -3.17. The molecule has 0 aromatic carbocycles. The summed E-state index contributed by atoms with van der Waals surface area (Å²) in [7, 11) is 0.310. The molecule has 0 atom stereocenters. The van der Waals surface area contributed by atoms with Crippen LogP contribution in [0.2, 0.25) is 0 Å². The number of nitrogens with zero attached hydrogens (tertiary/aromatic N) is 4. The maximum atomic E-state index is 11.5. The number of sulfonamides is 1. The van der Waals surface area contributed by atoms with Gasteiger partial charge in [0.2, 0.25) is 10.0 Å². The van der Waals surface area contributed by atoms with Crippen LogP contribution in [0.3, 0.4) is 0 Å². The van der Waals surface area contributed by atoms with E-state index < -0.39 is 15.6 Å². The highest BCUT2D eigenvalue weighted by atomic mass is 32.2. The summed E-state index contributed by atoms with van der Waals surface area (Å²) in [4.78, 5) is 0. The molecule has 0 radical (unpaired) electrons. The molecule has 0 bridgehead atoms. The molecule has 98 valence electrons. The Bertz CT molecular complexity index is 478. The molecule has 7 heteroatoms. The lowest BCUT2D eigenvalue weighted by molar-refractivity contribution is 0.248. The zero-order valence-electron chi connectivity index (χ0n) is 11.0. The highest BCUT2D eigenvalue weighted by Gasteiger charge is 2.30. The summed E-state index contributed by atoms with van der Waals surface area (Å²) in [5.41, 5.74) is -0.431. The van der Waals surface area contributed by atoms with E-state index in [4.69, 9.17) is 0 Å². The molecule has 6 nitrogen and oxygen atoms in total. The van der Waals surface area contributed by atoms with Crippen LogP contribution >= 0.6 is 0 Å². The number of hydrogen-bond donors (Lipinski definition) is 0. The van der Waals surface area contributed by atoms with Gasteiger partial charge in [-0.05, 0) is 20.3 Å². The van der Waals surface area contributed by atoms with Crippen LogP contribution in [0.1, 0.15) is 26.1 Å². The molecule has 0 aliphatic heterocycles. The largest absolute Gasteiger partial charge is 0.321 e. The second-order valence-corrected chi connectivity index (χ2v) is 6.91. The lowest BCUT2D eigenvalue weighted by Gasteiger charge is -2.33. The van der Waals surface area contributed by atoms with E-state index in [-0.39, 0.29) is 0 Å². The van der Waals surface area contributed by atoms with Crippen LogP contribution in [-0.4, -0.2) is 46.3 Å². The van der Waals surface area contributed by atoms with E-state index in [1.165, 1.54) is 10.6 Å². The van der Waals surface area contributed by atoms with Gasteiger partial charge >= 0.3 is 0 Å². The Hall–Kier alpha value is -0.950. The summed E-state index contributed by atoms with van der Waals surface area (Å²) >= 11 is 0. The molecule has 0 spiro atoms. The molecular formula is C10H20N4O2S. The van der Waals surface area contributed by atoms with Gasteiger partial charge in [0.25, 0.3) is 0 Å². The molecule has 0 aliphatic rings. The Labute approximate surface area is 103 Å². The van der Waals surface area contributed by atoms with Crippen LogP contribution < -0.4 is 0 Å². The number of aromatic nitrogens is 3. The van der Waals surface area contributed by atoms with Gasteiger partial charge in [0.05, 0.1) is 6.26 Å². The predicted molar refractivity (Wildman–Crippen MR) is 66.0 cm³/mol. The highest BCUT2D eigenvalue weighted by molar-refractivity contribution is 7.88. The van der Waals surface area contributed by atoms with E-state index in [0.717, 1.165) is 5.82 Å². The predicted octanol–water partition coefficient (Wildman–Crippen LogP) is 0.418. The van der Waals surface area contributed by atoms with Crippen molar-refractivity contribution in [3.05, 3.63) is 12.2 Å². The van der Waals surface area contributed by atoms with E-state index in [0.29, 0.717) is 12.8 Å². The molecule has 0 saturated carbocycles. The SMILES string of the molecule is CN(C(C)(C)CCc1nncn1C)S(C)(=O)=O. The van der Waals surface area contributed by atoms with Crippen molar-refractivity contribution in [1.82, 2.24) is 19.1 Å². The number of rotatable bonds is 5. The first-order valence-corrected chi connectivity index (χ1v) is 7.26. The van der Waals surface area contributed by atoms with E-state index in [1.54, 1.807) is 13.4 Å². The van der Waals surface area contributed by atoms with Crippen molar-refractivity contribution in [2.24, 2.45) is 7.05 Å². The van der Waals surface area contributed by atoms with Crippen molar-refractivity contribution < 1.29 is 8.42 Å². The summed E-state index contributed by atoms with van der Waals surface area (Å²) in [5.74, 6) is 0.861. The Morgan fingerprint density at radius 1 is 1.47 bits per heavy atom. The Morgan fingerprint density at radius 3 is 2.47 bits per heavy atom. The van der Waals surface area contributed by atoms with Gasteiger partial charge in [-0.3, -0.25) is 0 Å². The Balaban J connectivity index is 2.71. The monoisotopic (exact) mass is 260 g/mol. The van der Waals surface area contributed by atoms with Gasteiger partial charge in [0.15, 0.2) is 0 Å². The van der Waals surface area contributed by atoms with Crippen molar-refractivity contribution in [2.45, 2.75) is 32.2 Å². The summed E-state index contributed by atoms with van der Waals surface area (Å²) < 4.78 is 26.2. The topological polar surface area (TPSA) is 68.1 Å². The van der Waals surface area contributed by atoms with Gasteiger partial charge < -0.3 is 4.57 Å². The molecule has 0 fully saturated rings. The zero-order valence-corrected chi connectivity index (χ0v) is 11.8. The van der Waals surface area contributed by atoms with Crippen LogP contribution in [0.4, 0.5) is 0 Å². The maximum Gasteiger partial charge on any atom is 0.211 e. The van der Waals surface area contributed by atoms with Gasteiger partial charge in [-0.2, -0.15) is 4.31 Å². The first kappa shape index (κ1) is 14.1. The van der Waals surface area contributed by atoms with Crippen LogP contribution in [-0.2, 0) is 23.5 Å². The molecule has 0 unspecified atom stereocenters. The average Bonchev–Trinajstić information content (AvgIpc) is 2.58. The van der Waals surface area contributed by atoms with Gasteiger partial charge in [0, 0.05) is 26.1 Å². The number of aryl methyl sites for hydroxylation is 2. The molecule has 17 heavy (non-hydrogen) atoms. The van der Waals surface area contributed by atoms with Crippen molar-refractivity contribution in [3.63, 3.8) is 0 Å². The fraction of sp³-hybridized carbons (Fsp3) is 0.800. The van der Waals surface area contributed by atoms with Gasteiger partial charge in [-0.15, -0.1) is 10.2 Å². The van der Waals surface area contributed by atoms with Crippen LogP contribution in [0.25, 0.3) is 0 Å². The fourth-order valence-electron chi connectivity index (χ4n) is 1.56. The Kier molecular flexibility index (Phi) is 3.93. The molecule has 0 saturated heterocycles. The van der Waals surface area contributed by atoms with Crippen LogP contribution in [0, 0.1) is 0 Å². The second-order valence-electron chi connectivity index (χ2n) is 4.90. The van der Waals surface area contributed by atoms with Crippen LogP contribution in [0.15, 0.2) is 6.33 Å². The zero-order chi connectivity index (χ0) is 13.3. The molecule has 0 amide bonds. The molecule has 1 aromatic rings. The van der Waals surface area contributed by atoms with E-state index in [9.17, 15) is 8.42 Å². The third kappa shape index (κ3) is 3.50. The molecule has 0 aliphatic carbocycles.